The summed E-state index contributed by atoms with van der Waals surface area (Å²) in [5, 5.41) is 3.46. The SMILES string of the molecule is CNC(Cc1c(C)cc(C)cc1C)C(C)(C)C. The number of hydrogen-bond donors (Lipinski definition) is 1. The Morgan fingerprint density at radius 2 is 1.53 bits per heavy atom. The normalized spacial score (nSPS) is 13.8. The first-order chi connectivity index (χ1) is 7.75. The first kappa shape index (κ1) is 14.2. The Bertz CT molecular complexity index is 362. The molecule has 1 N–H and O–H groups in total. The molecule has 0 aliphatic carbocycles. The average molecular weight is 233 g/mol. The molecular formula is C16H27N. The van der Waals surface area contributed by atoms with E-state index in [0.717, 1.165) is 6.42 Å². The van der Waals surface area contributed by atoms with Crippen molar-refractivity contribution in [2.45, 2.75) is 54.0 Å². The second-order valence-electron chi connectivity index (χ2n) is 6.29. The van der Waals surface area contributed by atoms with Gasteiger partial charge < -0.3 is 5.32 Å². The summed E-state index contributed by atoms with van der Waals surface area (Å²) in [5.41, 5.74) is 6.00. The Morgan fingerprint density at radius 3 is 1.88 bits per heavy atom. The molecule has 0 aromatic heterocycles. The lowest BCUT2D eigenvalue weighted by molar-refractivity contribution is 0.279. The van der Waals surface area contributed by atoms with Gasteiger partial charge in [-0.15, -0.1) is 0 Å². The molecule has 96 valence electrons. The van der Waals surface area contributed by atoms with Crippen LogP contribution in [0, 0.1) is 26.2 Å². The Balaban J connectivity index is 3.02. The predicted octanol–water partition coefficient (Wildman–Crippen LogP) is 3.79. The van der Waals surface area contributed by atoms with Crippen molar-refractivity contribution in [1.29, 1.82) is 0 Å². The summed E-state index contributed by atoms with van der Waals surface area (Å²) in [6, 6.07) is 5.10. The highest BCUT2D eigenvalue weighted by atomic mass is 14.9. The highest BCUT2D eigenvalue weighted by molar-refractivity contribution is 5.38. The number of nitrogens with one attached hydrogen (secondary N) is 1. The van der Waals surface area contributed by atoms with Crippen molar-refractivity contribution in [3.63, 3.8) is 0 Å². The molecule has 0 fully saturated rings. The first-order valence-electron chi connectivity index (χ1n) is 6.49. The topological polar surface area (TPSA) is 12.0 Å². The van der Waals surface area contributed by atoms with E-state index < -0.39 is 0 Å². The zero-order chi connectivity index (χ0) is 13.2. The number of rotatable bonds is 3. The first-order valence-corrected chi connectivity index (χ1v) is 6.49. The maximum atomic E-state index is 3.46. The largest absolute Gasteiger partial charge is 0.316 e. The third-order valence-corrected chi connectivity index (χ3v) is 3.64. The number of likely N-dealkylation sites (N-methyl/N-ethyl adjacent to an activating group) is 1. The van der Waals surface area contributed by atoms with Crippen molar-refractivity contribution in [3.8, 4) is 0 Å². The van der Waals surface area contributed by atoms with Gasteiger partial charge in [-0.05, 0) is 56.3 Å². The van der Waals surface area contributed by atoms with E-state index in [0.29, 0.717) is 11.5 Å². The molecule has 1 aromatic carbocycles. The van der Waals surface area contributed by atoms with Crippen molar-refractivity contribution in [3.05, 3.63) is 34.4 Å². The molecule has 1 rings (SSSR count). The molecule has 1 nitrogen and oxygen atoms in total. The molecule has 0 saturated carbocycles. The van der Waals surface area contributed by atoms with Crippen LogP contribution in [-0.2, 0) is 6.42 Å². The van der Waals surface area contributed by atoms with E-state index in [-0.39, 0.29) is 0 Å². The van der Waals surface area contributed by atoms with Crippen LogP contribution in [0.5, 0.6) is 0 Å². The minimum Gasteiger partial charge on any atom is -0.316 e. The van der Waals surface area contributed by atoms with Gasteiger partial charge in [0.05, 0.1) is 0 Å². The van der Waals surface area contributed by atoms with Gasteiger partial charge in [-0.3, -0.25) is 0 Å². The summed E-state index contributed by atoms with van der Waals surface area (Å²) in [5.74, 6) is 0. The van der Waals surface area contributed by atoms with Crippen LogP contribution in [0.4, 0.5) is 0 Å². The zero-order valence-corrected chi connectivity index (χ0v) is 12.4. The molecule has 0 aliphatic heterocycles. The highest BCUT2D eigenvalue weighted by Gasteiger charge is 2.24. The highest BCUT2D eigenvalue weighted by Crippen LogP contribution is 2.25. The standard InChI is InChI=1S/C16H27N/c1-11-8-12(2)14(13(3)9-11)10-15(17-7)16(4,5)6/h8-9,15,17H,10H2,1-7H3. The van der Waals surface area contributed by atoms with Crippen LogP contribution < -0.4 is 5.32 Å². The van der Waals surface area contributed by atoms with E-state index in [4.69, 9.17) is 0 Å². The van der Waals surface area contributed by atoms with Crippen LogP contribution in [-0.4, -0.2) is 13.1 Å². The smallest absolute Gasteiger partial charge is 0.0153 e. The van der Waals surface area contributed by atoms with Crippen LogP contribution in [0.1, 0.15) is 43.0 Å². The van der Waals surface area contributed by atoms with Gasteiger partial charge in [0.25, 0.3) is 0 Å². The molecular weight excluding hydrogens is 206 g/mol. The van der Waals surface area contributed by atoms with Gasteiger partial charge in [-0.1, -0.05) is 38.5 Å². The molecule has 0 bridgehead atoms. The van der Waals surface area contributed by atoms with Crippen molar-refractivity contribution < 1.29 is 0 Å². The molecule has 1 aromatic rings. The van der Waals surface area contributed by atoms with E-state index in [9.17, 15) is 0 Å². The second kappa shape index (κ2) is 5.22. The number of benzene rings is 1. The van der Waals surface area contributed by atoms with Crippen LogP contribution in [0.2, 0.25) is 0 Å². The predicted molar refractivity (Wildman–Crippen MR) is 76.7 cm³/mol. The summed E-state index contributed by atoms with van der Waals surface area (Å²) in [6.45, 7) is 13.5. The monoisotopic (exact) mass is 233 g/mol. The quantitative estimate of drug-likeness (QED) is 0.837. The Hall–Kier alpha value is -0.820. The lowest BCUT2D eigenvalue weighted by Gasteiger charge is -2.31. The van der Waals surface area contributed by atoms with Gasteiger partial charge >= 0.3 is 0 Å². The molecule has 0 amide bonds. The number of aryl methyl sites for hydroxylation is 3. The molecule has 1 heteroatoms. The minimum absolute atomic E-state index is 0.290. The van der Waals surface area contributed by atoms with E-state index >= 15 is 0 Å². The maximum Gasteiger partial charge on any atom is 0.0153 e. The van der Waals surface area contributed by atoms with Crippen molar-refractivity contribution in [1.82, 2.24) is 5.32 Å². The summed E-state index contributed by atoms with van der Waals surface area (Å²) < 4.78 is 0. The summed E-state index contributed by atoms with van der Waals surface area (Å²) in [4.78, 5) is 0. The average Bonchev–Trinajstić information content (AvgIpc) is 2.14. The van der Waals surface area contributed by atoms with Gasteiger partial charge in [0, 0.05) is 6.04 Å². The van der Waals surface area contributed by atoms with Gasteiger partial charge in [-0.25, -0.2) is 0 Å². The third kappa shape index (κ3) is 3.57. The van der Waals surface area contributed by atoms with Gasteiger partial charge in [-0.2, -0.15) is 0 Å². The van der Waals surface area contributed by atoms with E-state index in [1.54, 1.807) is 0 Å². The fraction of sp³-hybridized carbons (Fsp3) is 0.625. The summed E-state index contributed by atoms with van der Waals surface area (Å²) in [7, 11) is 2.06. The lowest BCUT2D eigenvalue weighted by atomic mass is 9.81. The summed E-state index contributed by atoms with van der Waals surface area (Å²) in [6.07, 6.45) is 1.11. The maximum absolute atomic E-state index is 3.46. The van der Waals surface area contributed by atoms with Gasteiger partial charge in [0.2, 0.25) is 0 Å². The van der Waals surface area contributed by atoms with E-state index in [1.165, 1.54) is 22.3 Å². The molecule has 0 aliphatic rings. The Labute approximate surface area is 107 Å². The van der Waals surface area contributed by atoms with E-state index in [2.05, 4.69) is 66.0 Å². The fourth-order valence-corrected chi connectivity index (χ4v) is 2.58. The molecule has 1 atom stereocenters. The van der Waals surface area contributed by atoms with Gasteiger partial charge in [0.15, 0.2) is 0 Å². The van der Waals surface area contributed by atoms with Crippen LogP contribution in [0.15, 0.2) is 12.1 Å². The van der Waals surface area contributed by atoms with Gasteiger partial charge in [0.1, 0.15) is 0 Å². The molecule has 1 unspecified atom stereocenters. The van der Waals surface area contributed by atoms with Crippen LogP contribution in [0.3, 0.4) is 0 Å². The molecule has 17 heavy (non-hydrogen) atoms. The third-order valence-electron chi connectivity index (χ3n) is 3.64. The summed E-state index contributed by atoms with van der Waals surface area (Å²) >= 11 is 0. The second-order valence-corrected chi connectivity index (χ2v) is 6.29. The Kier molecular flexibility index (Phi) is 4.37. The number of hydrogen-bond acceptors (Lipinski definition) is 1. The zero-order valence-electron chi connectivity index (χ0n) is 12.4. The van der Waals surface area contributed by atoms with Crippen LogP contribution >= 0.6 is 0 Å². The van der Waals surface area contributed by atoms with Crippen LogP contribution in [0.25, 0.3) is 0 Å². The molecule has 0 heterocycles. The minimum atomic E-state index is 0.290. The molecule has 0 spiro atoms. The van der Waals surface area contributed by atoms with Crippen molar-refractivity contribution in [2.75, 3.05) is 7.05 Å². The molecule has 0 radical (unpaired) electrons. The lowest BCUT2D eigenvalue weighted by Crippen LogP contribution is -2.40. The Morgan fingerprint density at radius 1 is 1.06 bits per heavy atom. The fourth-order valence-electron chi connectivity index (χ4n) is 2.58. The molecule has 0 saturated heterocycles. The van der Waals surface area contributed by atoms with Crippen molar-refractivity contribution >= 4 is 0 Å². The van der Waals surface area contributed by atoms with E-state index in [1.807, 2.05) is 0 Å². The van der Waals surface area contributed by atoms with Crippen molar-refractivity contribution in [2.24, 2.45) is 5.41 Å².